The van der Waals surface area contributed by atoms with Crippen molar-refractivity contribution in [3.8, 4) is 5.88 Å². The molecule has 1 aliphatic carbocycles. The Morgan fingerprint density at radius 3 is 2.67 bits per heavy atom. The summed E-state index contributed by atoms with van der Waals surface area (Å²) in [5, 5.41) is 3.64. The van der Waals surface area contributed by atoms with E-state index in [-0.39, 0.29) is 0 Å². The Labute approximate surface area is 128 Å². The minimum absolute atomic E-state index is 0.592. The molecule has 118 valence electrons. The quantitative estimate of drug-likeness (QED) is 0.837. The van der Waals surface area contributed by atoms with Crippen LogP contribution in [0.25, 0.3) is 0 Å². The molecule has 0 radical (unpaired) electrons. The number of nitrogens with one attached hydrogen (secondary N) is 1. The summed E-state index contributed by atoms with van der Waals surface area (Å²) in [7, 11) is 2.16. The predicted molar refractivity (Wildman–Crippen MR) is 88.1 cm³/mol. The van der Waals surface area contributed by atoms with Gasteiger partial charge in [0.2, 0.25) is 5.88 Å². The number of rotatable bonds is 7. The summed E-state index contributed by atoms with van der Waals surface area (Å²) >= 11 is 0. The van der Waals surface area contributed by atoms with E-state index >= 15 is 0 Å². The molecule has 0 aliphatic heterocycles. The lowest BCUT2D eigenvalue weighted by molar-refractivity contribution is 0.323. The molecule has 0 amide bonds. The van der Waals surface area contributed by atoms with E-state index in [2.05, 4.69) is 35.2 Å². The van der Waals surface area contributed by atoms with Gasteiger partial charge in [-0.1, -0.05) is 13.0 Å². The van der Waals surface area contributed by atoms with Crippen molar-refractivity contribution in [2.75, 3.05) is 25.1 Å². The maximum absolute atomic E-state index is 5.50. The average Bonchev–Trinajstić information content (AvgIpc) is 2.53. The lowest BCUT2D eigenvalue weighted by Gasteiger charge is -2.35. The highest BCUT2D eigenvalue weighted by atomic mass is 16.5. The normalized spacial score (nSPS) is 22.0. The van der Waals surface area contributed by atoms with Gasteiger partial charge in [0.25, 0.3) is 0 Å². The Bertz CT molecular complexity index is 416. The van der Waals surface area contributed by atoms with Gasteiger partial charge in [0.05, 0.1) is 6.61 Å². The number of nitrogens with zero attached hydrogens (tertiary/aromatic N) is 2. The van der Waals surface area contributed by atoms with Gasteiger partial charge in [0.1, 0.15) is 5.82 Å². The van der Waals surface area contributed by atoms with Crippen LogP contribution in [0.2, 0.25) is 0 Å². The van der Waals surface area contributed by atoms with Gasteiger partial charge in [-0.25, -0.2) is 0 Å². The van der Waals surface area contributed by atoms with Gasteiger partial charge < -0.3 is 15.0 Å². The lowest BCUT2D eigenvalue weighted by atomic mass is 9.90. The Morgan fingerprint density at radius 1 is 1.24 bits per heavy atom. The van der Waals surface area contributed by atoms with Gasteiger partial charge in [0.15, 0.2) is 0 Å². The second kappa shape index (κ2) is 8.23. The molecule has 1 aliphatic rings. The van der Waals surface area contributed by atoms with Gasteiger partial charge in [-0.3, -0.25) is 0 Å². The van der Waals surface area contributed by atoms with E-state index in [0.29, 0.717) is 18.7 Å². The molecule has 21 heavy (non-hydrogen) atoms. The molecule has 4 heteroatoms. The highest BCUT2D eigenvalue weighted by Crippen LogP contribution is 2.26. The van der Waals surface area contributed by atoms with Gasteiger partial charge in [0, 0.05) is 25.2 Å². The van der Waals surface area contributed by atoms with E-state index in [9.17, 15) is 0 Å². The molecule has 0 unspecified atom stereocenters. The van der Waals surface area contributed by atoms with Crippen LogP contribution in [-0.4, -0.2) is 37.3 Å². The number of pyridine rings is 1. The standard InChI is InChI=1S/C17H29N3O/c1-4-13-18-14-9-11-15(12-10-14)20(3)16-7-6-8-17(19-16)21-5-2/h6-8,14-15,18H,4-5,9-13H2,1-3H3. The number of anilines is 1. The summed E-state index contributed by atoms with van der Waals surface area (Å²) in [6, 6.07) is 7.32. The van der Waals surface area contributed by atoms with Crippen LogP contribution in [0.5, 0.6) is 5.88 Å². The molecule has 0 atom stereocenters. The van der Waals surface area contributed by atoms with E-state index in [1.807, 2.05) is 19.1 Å². The van der Waals surface area contributed by atoms with Crippen molar-refractivity contribution in [2.24, 2.45) is 0 Å². The molecule has 0 aromatic carbocycles. The molecule has 1 heterocycles. The molecule has 1 fully saturated rings. The fourth-order valence-corrected chi connectivity index (χ4v) is 3.03. The van der Waals surface area contributed by atoms with Crippen molar-refractivity contribution in [1.29, 1.82) is 0 Å². The summed E-state index contributed by atoms with van der Waals surface area (Å²) in [5.41, 5.74) is 0. The van der Waals surface area contributed by atoms with Crippen molar-refractivity contribution in [2.45, 2.75) is 58.0 Å². The molecular weight excluding hydrogens is 262 g/mol. The summed E-state index contributed by atoms with van der Waals surface area (Å²) in [6.07, 6.45) is 6.21. The van der Waals surface area contributed by atoms with Gasteiger partial charge >= 0.3 is 0 Å². The maximum Gasteiger partial charge on any atom is 0.215 e. The van der Waals surface area contributed by atoms with Gasteiger partial charge in [-0.05, 0) is 51.6 Å². The van der Waals surface area contributed by atoms with Crippen molar-refractivity contribution < 1.29 is 4.74 Å². The van der Waals surface area contributed by atoms with E-state index in [0.717, 1.165) is 18.2 Å². The molecule has 4 nitrogen and oxygen atoms in total. The number of ether oxygens (including phenoxy) is 1. The van der Waals surface area contributed by atoms with Crippen molar-refractivity contribution in [1.82, 2.24) is 10.3 Å². The molecule has 0 bridgehead atoms. The minimum Gasteiger partial charge on any atom is -0.478 e. The Balaban J connectivity index is 1.89. The van der Waals surface area contributed by atoms with E-state index < -0.39 is 0 Å². The van der Waals surface area contributed by atoms with E-state index in [4.69, 9.17) is 4.74 Å². The zero-order chi connectivity index (χ0) is 15.1. The second-order valence-corrected chi connectivity index (χ2v) is 5.84. The molecule has 1 aromatic heterocycles. The van der Waals surface area contributed by atoms with Crippen LogP contribution in [0.1, 0.15) is 46.0 Å². The zero-order valence-electron chi connectivity index (χ0n) is 13.6. The highest BCUT2D eigenvalue weighted by molar-refractivity contribution is 5.41. The maximum atomic E-state index is 5.50. The predicted octanol–water partition coefficient (Wildman–Crippen LogP) is 3.23. The first-order valence-electron chi connectivity index (χ1n) is 8.30. The Morgan fingerprint density at radius 2 is 2.00 bits per heavy atom. The number of aromatic nitrogens is 1. The van der Waals surface area contributed by atoms with Gasteiger partial charge in [-0.2, -0.15) is 4.98 Å². The molecule has 1 saturated carbocycles. The molecule has 1 aromatic rings. The molecular formula is C17H29N3O. The van der Waals surface area contributed by atoms with Crippen LogP contribution >= 0.6 is 0 Å². The first-order valence-corrected chi connectivity index (χ1v) is 8.30. The smallest absolute Gasteiger partial charge is 0.215 e. The van der Waals surface area contributed by atoms with Crippen LogP contribution in [0.4, 0.5) is 5.82 Å². The summed E-state index contributed by atoms with van der Waals surface area (Å²) in [5.74, 6) is 1.74. The fourth-order valence-electron chi connectivity index (χ4n) is 3.03. The van der Waals surface area contributed by atoms with Crippen LogP contribution in [0.3, 0.4) is 0 Å². The molecule has 1 N–H and O–H groups in total. The third-order valence-corrected chi connectivity index (χ3v) is 4.29. The average molecular weight is 291 g/mol. The monoisotopic (exact) mass is 291 g/mol. The summed E-state index contributed by atoms with van der Waals surface area (Å²) in [4.78, 5) is 6.91. The van der Waals surface area contributed by atoms with Crippen LogP contribution < -0.4 is 15.0 Å². The molecule has 0 spiro atoms. The highest BCUT2D eigenvalue weighted by Gasteiger charge is 2.24. The third-order valence-electron chi connectivity index (χ3n) is 4.29. The lowest BCUT2D eigenvalue weighted by Crippen LogP contribution is -2.41. The summed E-state index contributed by atoms with van der Waals surface area (Å²) < 4.78 is 5.50. The fraction of sp³-hybridized carbons (Fsp3) is 0.706. The van der Waals surface area contributed by atoms with E-state index in [1.54, 1.807) is 0 Å². The van der Waals surface area contributed by atoms with Crippen molar-refractivity contribution >= 4 is 5.82 Å². The topological polar surface area (TPSA) is 37.4 Å². The number of hydrogen-bond donors (Lipinski definition) is 1. The minimum atomic E-state index is 0.592. The molecule has 2 rings (SSSR count). The van der Waals surface area contributed by atoms with Crippen LogP contribution in [0, 0.1) is 0 Å². The SMILES string of the molecule is CCCNC1CCC(N(C)c2cccc(OCC)n2)CC1. The Hall–Kier alpha value is -1.29. The number of hydrogen-bond acceptors (Lipinski definition) is 4. The molecule has 0 saturated heterocycles. The van der Waals surface area contributed by atoms with Gasteiger partial charge in [-0.15, -0.1) is 0 Å². The first kappa shape index (κ1) is 16.1. The zero-order valence-corrected chi connectivity index (χ0v) is 13.6. The third kappa shape index (κ3) is 4.60. The van der Waals surface area contributed by atoms with Crippen LogP contribution in [-0.2, 0) is 0 Å². The first-order chi connectivity index (χ1) is 10.2. The van der Waals surface area contributed by atoms with Crippen LogP contribution in [0.15, 0.2) is 18.2 Å². The second-order valence-electron chi connectivity index (χ2n) is 5.84. The van der Waals surface area contributed by atoms with E-state index in [1.165, 1.54) is 32.1 Å². The largest absolute Gasteiger partial charge is 0.478 e. The van der Waals surface area contributed by atoms with Crippen molar-refractivity contribution in [3.05, 3.63) is 18.2 Å². The van der Waals surface area contributed by atoms with Crippen molar-refractivity contribution in [3.63, 3.8) is 0 Å². The Kier molecular flexibility index (Phi) is 6.30. The summed E-state index contributed by atoms with van der Waals surface area (Å²) in [6.45, 7) is 6.02.